The Labute approximate surface area is 149 Å². The number of carbonyl (C=O) groups excluding carboxylic acids is 1. The van der Waals surface area contributed by atoms with E-state index in [1.165, 1.54) is 0 Å². The standard InChI is InChI=1S/C18H17FN4OS/c1-11-3-4-13(17-22-8-14(19)9-23-17)7-16(11)18(24)20-6-5-15-10-21-12(2)25-15/h3-4,7-10H,5-6H2,1-2H3,(H,20,24). The Bertz CT molecular complexity index is 892. The van der Waals surface area contributed by atoms with Crippen LogP contribution in [-0.4, -0.2) is 27.4 Å². The van der Waals surface area contributed by atoms with Gasteiger partial charge in [-0.3, -0.25) is 4.79 Å². The zero-order valence-electron chi connectivity index (χ0n) is 13.9. The van der Waals surface area contributed by atoms with E-state index in [0.717, 1.165) is 34.3 Å². The molecule has 128 valence electrons. The average Bonchev–Trinajstić information content (AvgIpc) is 3.01. The summed E-state index contributed by atoms with van der Waals surface area (Å²) in [5.74, 6) is -0.259. The van der Waals surface area contributed by atoms with Crippen molar-refractivity contribution < 1.29 is 9.18 Å². The van der Waals surface area contributed by atoms with Crippen LogP contribution in [0.2, 0.25) is 0 Å². The van der Waals surface area contributed by atoms with E-state index in [4.69, 9.17) is 0 Å². The van der Waals surface area contributed by atoms with Crippen molar-refractivity contribution in [1.82, 2.24) is 20.3 Å². The quantitative estimate of drug-likeness (QED) is 0.761. The van der Waals surface area contributed by atoms with Crippen LogP contribution in [0.25, 0.3) is 11.4 Å². The van der Waals surface area contributed by atoms with Crippen LogP contribution >= 0.6 is 11.3 Å². The smallest absolute Gasteiger partial charge is 0.251 e. The first-order valence-corrected chi connectivity index (χ1v) is 8.62. The second-order valence-corrected chi connectivity index (χ2v) is 6.93. The zero-order valence-corrected chi connectivity index (χ0v) is 14.7. The second-order valence-electron chi connectivity index (χ2n) is 5.61. The highest BCUT2D eigenvalue weighted by Gasteiger charge is 2.12. The van der Waals surface area contributed by atoms with Gasteiger partial charge in [-0.25, -0.2) is 19.3 Å². The number of carbonyl (C=O) groups is 1. The van der Waals surface area contributed by atoms with E-state index in [9.17, 15) is 9.18 Å². The van der Waals surface area contributed by atoms with Crippen molar-refractivity contribution in [3.8, 4) is 11.4 Å². The monoisotopic (exact) mass is 356 g/mol. The van der Waals surface area contributed by atoms with E-state index in [2.05, 4.69) is 20.3 Å². The van der Waals surface area contributed by atoms with Crippen LogP contribution in [0.3, 0.4) is 0 Å². The molecule has 0 saturated heterocycles. The van der Waals surface area contributed by atoms with Crippen molar-refractivity contribution in [2.24, 2.45) is 0 Å². The largest absolute Gasteiger partial charge is 0.352 e. The van der Waals surface area contributed by atoms with Crippen LogP contribution in [-0.2, 0) is 6.42 Å². The van der Waals surface area contributed by atoms with Crippen molar-refractivity contribution in [2.75, 3.05) is 6.54 Å². The van der Waals surface area contributed by atoms with Gasteiger partial charge in [0.25, 0.3) is 5.91 Å². The predicted octanol–water partition coefficient (Wildman–Crippen LogP) is 3.33. The summed E-state index contributed by atoms with van der Waals surface area (Å²) in [4.78, 5) is 25.7. The number of nitrogens with zero attached hydrogens (tertiary/aromatic N) is 3. The molecule has 0 aliphatic heterocycles. The first kappa shape index (κ1) is 17.2. The highest BCUT2D eigenvalue weighted by atomic mass is 32.1. The van der Waals surface area contributed by atoms with Crippen LogP contribution in [0.4, 0.5) is 4.39 Å². The second kappa shape index (κ2) is 7.48. The number of rotatable bonds is 5. The summed E-state index contributed by atoms with van der Waals surface area (Å²) in [7, 11) is 0. The Morgan fingerprint density at radius 1 is 1.16 bits per heavy atom. The number of aryl methyl sites for hydroxylation is 2. The van der Waals surface area contributed by atoms with Gasteiger partial charge in [-0.05, 0) is 25.5 Å². The summed E-state index contributed by atoms with van der Waals surface area (Å²) in [6.45, 7) is 4.37. The fraction of sp³-hybridized carbons (Fsp3) is 0.222. The third-order valence-corrected chi connectivity index (χ3v) is 4.66. The molecule has 0 spiro atoms. The Hall–Kier alpha value is -2.67. The molecule has 2 heterocycles. The van der Waals surface area contributed by atoms with Crippen molar-refractivity contribution >= 4 is 17.2 Å². The van der Waals surface area contributed by atoms with Gasteiger partial charge in [0.05, 0.1) is 17.4 Å². The van der Waals surface area contributed by atoms with Crippen molar-refractivity contribution in [3.05, 3.63) is 63.6 Å². The minimum absolute atomic E-state index is 0.150. The third kappa shape index (κ3) is 4.24. The minimum Gasteiger partial charge on any atom is -0.352 e. The van der Waals surface area contributed by atoms with Gasteiger partial charge in [-0.15, -0.1) is 11.3 Å². The molecule has 5 nitrogen and oxygen atoms in total. The van der Waals surface area contributed by atoms with Crippen LogP contribution in [0.1, 0.15) is 25.8 Å². The van der Waals surface area contributed by atoms with E-state index in [1.807, 2.05) is 32.2 Å². The van der Waals surface area contributed by atoms with Crippen LogP contribution < -0.4 is 5.32 Å². The molecule has 0 radical (unpaired) electrons. The summed E-state index contributed by atoms with van der Waals surface area (Å²) in [6, 6.07) is 5.39. The number of amides is 1. The molecule has 0 fully saturated rings. The molecule has 1 aromatic carbocycles. The van der Waals surface area contributed by atoms with Gasteiger partial charge >= 0.3 is 0 Å². The lowest BCUT2D eigenvalue weighted by atomic mass is 10.0. The fourth-order valence-corrected chi connectivity index (χ4v) is 3.18. The number of hydrogen-bond donors (Lipinski definition) is 1. The van der Waals surface area contributed by atoms with E-state index >= 15 is 0 Å². The maximum absolute atomic E-state index is 13.0. The number of nitrogens with one attached hydrogen (secondary N) is 1. The third-order valence-electron chi connectivity index (χ3n) is 3.69. The molecule has 7 heteroatoms. The average molecular weight is 356 g/mol. The first-order chi connectivity index (χ1) is 12.0. The van der Waals surface area contributed by atoms with Gasteiger partial charge in [0, 0.05) is 35.2 Å². The van der Waals surface area contributed by atoms with E-state index in [-0.39, 0.29) is 5.91 Å². The predicted molar refractivity (Wildman–Crippen MR) is 95.1 cm³/mol. The summed E-state index contributed by atoms with van der Waals surface area (Å²) in [5.41, 5.74) is 2.09. The number of halogens is 1. The molecule has 1 N–H and O–H groups in total. The van der Waals surface area contributed by atoms with Gasteiger partial charge < -0.3 is 5.32 Å². The van der Waals surface area contributed by atoms with E-state index in [0.29, 0.717) is 23.5 Å². The molecular weight excluding hydrogens is 339 g/mol. The molecule has 0 atom stereocenters. The van der Waals surface area contributed by atoms with Crippen LogP contribution in [0.5, 0.6) is 0 Å². The molecular formula is C18H17FN4OS. The first-order valence-electron chi connectivity index (χ1n) is 7.81. The number of aromatic nitrogens is 3. The Balaban J connectivity index is 1.71. The molecule has 3 rings (SSSR count). The summed E-state index contributed by atoms with van der Waals surface area (Å²) < 4.78 is 13.0. The lowest BCUT2D eigenvalue weighted by Gasteiger charge is -2.09. The fourth-order valence-electron chi connectivity index (χ4n) is 2.38. The minimum atomic E-state index is -0.493. The molecule has 0 aliphatic rings. The Morgan fingerprint density at radius 3 is 2.60 bits per heavy atom. The number of benzene rings is 1. The molecule has 25 heavy (non-hydrogen) atoms. The summed E-state index contributed by atoms with van der Waals surface area (Å²) >= 11 is 1.63. The molecule has 3 aromatic rings. The van der Waals surface area contributed by atoms with Crippen LogP contribution in [0.15, 0.2) is 36.8 Å². The molecule has 2 aromatic heterocycles. The lowest BCUT2D eigenvalue weighted by Crippen LogP contribution is -2.26. The van der Waals surface area contributed by atoms with Gasteiger partial charge in [0.2, 0.25) is 0 Å². The van der Waals surface area contributed by atoms with E-state index in [1.54, 1.807) is 17.4 Å². The van der Waals surface area contributed by atoms with Gasteiger partial charge in [-0.2, -0.15) is 0 Å². The van der Waals surface area contributed by atoms with E-state index < -0.39 is 5.82 Å². The normalized spacial score (nSPS) is 10.7. The maximum Gasteiger partial charge on any atom is 0.251 e. The molecule has 1 amide bonds. The molecule has 0 unspecified atom stereocenters. The number of thiazole rings is 1. The van der Waals surface area contributed by atoms with Crippen LogP contribution in [0, 0.1) is 19.7 Å². The molecule has 0 saturated carbocycles. The summed E-state index contributed by atoms with van der Waals surface area (Å²) in [6.07, 6.45) is 4.80. The van der Waals surface area contributed by atoms with Gasteiger partial charge in [0.1, 0.15) is 0 Å². The SMILES string of the molecule is Cc1ncc(CCNC(=O)c2cc(-c3ncc(F)cn3)ccc2C)s1. The topological polar surface area (TPSA) is 67.8 Å². The van der Waals surface area contributed by atoms with Crippen molar-refractivity contribution in [3.63, 3.8) is 0 Å². The van der Waals surface area contributed by atoms with Crippen molar-refractivity contribution in [1.29, 1.82) is 0 Å². The zero-order chi connectivity index (χ0) is 17.8. The van der Waals surface area contributed by atoms with Gasteiger partial charge in [-0.1, -0.05) is 12.1 Å². The highest BCUT2D eigenvalue weighted by molar-refractivity contribution is 7.11. The van der Waals surface area contributed by atoms with Gasteiger partial charge in [0.15, 0.2) is 11.6 Å². The molecule has 0 bridgehead atoms. The molecule has 0 aliphatic carbocycles. The van der Waals surface area contributed by atoms with Crippen molar-refractivity contribution in [2.45, 2.75) is 20.3 Å². The Kier molecular flexibility index (Phi) is 5.14. The lowest BCUT2D eigenvalue weighted by molar-refractivity contribution is 0.0953. The highest BCUT2D eigenvalue weighted by Crippen LogP contribution is 2.19. The maximum atomic E-state index is 13.0. The summed E-state index contributed by atoms with van der Waals surface area (Å²) in [5, 5.41) is 3.94. The number of hydrogen-bond acceptors (Lipinski definition) is 5. The Morgan fingerprint density at radius 2 is 1.92 bits per heavy atom.